The molecule has 0 saturated carbocycles. The number of likely N-dealkylation sites (N-methyl/N-ethyl adjacent to an activating group) is 1. The molecule has 1 atom stereocenters. The Hall–Kier alpha value is -2.29. The van der Waals surface area contributed by atoms with E-state index in [9.17, 15) is 18.0 Å². The second kappa shape index (κ2) is 10.3. The van der Waals surface area contributed by atoms with Crippen molar-refractivity contribution in [2.75, 3.05) is 24.2 Å². The number of carbonyl (C=O) groups excluding carboxylic acids is 2. The lowest BCUT2D eigenvalue weighted by Gasteiger charge is -2.31. The minimum atomic E-state index is -3.84. The predicted molar refractivity (Wildman–Crippen MR) is 124 cm³/mol. The summed E-state index contributed by atoms with van der Waals surface area (Å²) in [6.45, 7) is 3.16. The van der Waals surface area contributed by atoms with E-state index in [0.29, 0.717) is 0 Å². The van der Waals surface area contributed by atoms with Gasteiger partial charge in [0, 0.05) is 23.6 Å². The number of nitrogens with zero attached hydrogens (tertiary/aromatic N) is 2. The summed E-state index contributed by atoms with van der Waals surface area (Å²) in [6.07, 6.45) is 0.988. The zero-order chi connectivity index (χ0) is 23.3. The third-order valence-corrected chi connectivity index (χ3v) is 6.28. The van der Waals surface area contributed by atoms with Crippen molar-refractivity contribution in [3.63, 3.8) is 0 Å². The highest BCUT2D eigenvalue weighted by Crippen LogP contribution is 2.27. The molecule has 0 aromatic heterocycles. The van der Waals surface area contributed by atoms with Crippen molar-refractivity contribution in [1.82, 2.24) is 10.2 Å². The molecule has 1 unspecified atom stereocenters. The van der Waals surface area contributed by atoms with Gasteiger partial charge >= 0.3 is 0 Å². The van der Waals surface area contributed by atoms with Gasteiger partial charge < -0.3 is 10.2 Å². The fraction of sp³-hybridized carbons (Fsp3) is 0.333. The fourth-order valence-corrected chi connectivity index (χ4v) is 4.33. The Bertz CT molecular complexity index is 1040. The minimum absolute atomic E-state index is 0.140. The lowest BCUT2D eigenvalue weighted by atomic mass is 10.1. The van der Waals surface area contributed by atoms with Gasteiger partial charge in [0.2, 0.25) is 21.8 Å². The maximum atomic E-state index is 13.3. The molecule has 0 saturated heterocycles. The number of halogens is 2. The van der Waals surface area contributed by atoms with Crippen LogP contribution in [-0.4, -0.2) is 51.0 Å². The monoisotopic (exact) mass is 485 g/mol. The summed E-state index contributed by atoms with van der Waals surface area (Å²) in [4.78, 5) is 26.9. The molecule has 0 aliphatic carbocycles. The number of benzene rings is 2. The minimum Gasteiger partial charge on any atom is -0.357 e. The van der Waals surface area contributed by atoms with Crippen LogP contribution >= 0.6 is 23.2 Å². The maximum absolute atomic E-state index is 13.3. The Labute approximate surface area is 193 Å². The van der Waals surface area contributed by atoms with Gasteiger partial charge in [-0.3, -0.25) is 13.9 Å². The van der Waals surface area contributed by atoms with Crippen LogP contribution in [0.15, 0.2) is 42.5 Å². The van der Waals surface area contributed by atoms with Gasteiger partial charge in [-0.15, -0.1) is 0 Å². The highest BCUT2D eigenvalue weighted by molar-refractivity contribution is 7.92. The SMILES string of the molecule is CNC(=O)C(C)N(Cc1ccc(C)cc1)C(=O)CN(c1cc(Cl)cc(Cl)c1)S(C)(=O)=O. The standard InChI is InChI=1S/C21H25Cl2N3O4S/c1-14-5-7-16(8-6-14)12-25(15(2)21(28)24-3)20(27)13-26(31(4,29)30)19-10-17(22)9-18(23)11-19/h5-11,15H,12-13H2,1-4H3,(H,24,28). The number of hydrogen-bond acceptors (Lipinski definition) is 4. The van der Waals surface area contributed by atoms with Crippen LogP contribution in [0.25, 0.3) is 0 Å². The first kappa shape index (κ1) is 25.0. The van der Waals surface area contributed by atoms with Crippen LogP contribution in [-0.2, 0) is 26.2 Å². The maximum Gasteiger partial charge on any atom is 0.244 e. The molecular formula is C21H25Cl2N3O4S. The summed E-state index contributed by atoms with van der Waals surface area (Å²) in [5.74, 6) is -0.907. The molecule has 2 rings (SSSR count). The van der Waals surface area contributed by atoms with E-state index < -0.39 is 28.5 Å². The fourth-order valence-electron chi connectivity index (χ4n) is 2.98. The number of rotatable bonds is 8. The molecule has 7 nitrogen and oxygen atoms in total. The van der Waals surface area contributed by atoms with E-state index in [-0.39, 0.29) is 28.2 Å². The highest BCUT2D eigenvalue weighted by Gasteiger charge is 2.29. The second-order valence-electron chi connectivity index (χ2n) is 7.19. The summed E-state index contributed by atoms with van der Waals surface area (Å²) < 4.78 is 25.8. The van der Waals surface area contributed by atoms with Crippen LogP contribution in [0, 0.1) is 6.92 Å². The van der Waals surface area contributed by atoms with E-state index in [0.717, 1.165) is 21.7 Å². The summed E-state index contributed by atoms with van der Waals surface area (Å²) in [7, 11) is -2.37. The van der Waals surface area contributed by atoms with E-state index in [4.69, 9.17) is 23.2 Å². The molecule has 0 radical (unpaired) electrons. The van der Waals surface area contributed by atoms with Gasteiger partial charge in [-0.1, -0.05) is 53.0 Å². The number of aryl methyl sites for hydroxylation is 1. The van der Waals surface area contributed by atoms with Crippen molar-refractivity contribution < 1.29 is 18.0 Å². The third-order valence-electron chi connectivity index (χ3n) is 4.70. The van der Waals surface area contributed by atoms with Gasteiger partial charge in [-0.25, -0.2) is 8.42 Å². The molecule has 0 spiro atoms. The van der Waals surface area contributed by atoms with Crippen LogP contribution in [0.1, 0.15) is 18.1 Å². The topological polar surface area (TPSA) is 86.8 Å². The van der Waals surface area contributed by atoms with Gasteiger partial charge in [-0.05, 0) is 37.6 Å². The van der Waals surface area contributed by atoms with E-state index in [1.54, 1.807) is 6.92 Å². The van der Waals surface area contributed by atoms with Crippen molar-refractivity contribution in [3.05, 3.63) is 63.6 Å². The van der Waals surface area contributed by atoms with Crippen LogP contribution in [0.5, 0.6) is 0 Å². The van der Waals surface area contributed by atoms with Crippen LogP contribution < -0.4 is 9.62 Å². The van der Waals surface area contributed by atoms with E-state index in [1.807, 2.05) is 31.2 Å². The van der Waals surface area contributed by atoms with Gasteiger partial charge in [-0.2, -0.15) is 0 Å². The van der Waals surface area contributed by atoms with Crippen LogP contribution in [0.2, 0.25) is 10.0 Å². The smallest absolute Gasteiger partial charge is 0.244 e. The molecule has 10 heteroatoms. The highest BCUT2D eigenvalue weighted by atomic mass is 35.5. The molecule has 31 heavy (non-hydrogen) atoms. The van der Waals surface area contributed by atoms with Crippen LogP contribution in [0.3, 0.4) is 0 Å². The molecule has 0 heterocycles. The van der Waals surface area contributed by atoms with E-state index in [2.05, 4.69) is 5.32 Å². The molecule has 168 valence electrons. The Morgan fingerprint density at radius 2 is 1.61 bits per heavy atom. The Morgan fingerprint density at radius 1 is 1.06 bits per heavy atom. The van der Waals surface area contributed by atoms with Gasteiger partial charge in [0.05, 0.1) is 11.9 Å². The van der Waals surface area contributed by atoms with Gasteiger partial charge in [0.1, 0.15) is 12.6 Å². The van der Waals surface area contributed by atoms with Crippen molar-refractivity contribution in [3.8, 4) is 0 Å². The number of anilines is 1. The average molecular weight is 486 g/mol. The number of carbonyl (C=O) groups is 2. The molecular weight excluding hydrogens is 461 g/mol. The summed E-state index contributed by atoms with van der Waals surface area (Å²) in [5.41, 5.74) is 2.03. The van der Waals surface area contributed by atoms with Crippen LogP contribution in [0.4, 0.5) is 5.69 Å². The van der Waals surface area contributed by atoms with Crippen molar-refractivity contribution in [2.45, 2.75) is 26.4 Å². The Kier molecular flexibility index (Phi) is 8.34. The molecule has 0 aliphatic rings. The van der Waals surface area contributed by atoms with Crippen molar-refractivity contribution in [1.29, 1.82) is 0 Å². The summed E-state index contributed by atoms with van der Waals surface area (Å²) in [5, 5.41) is 3.00. The molecule has 2 aromatic carbocycles. The quantitative estimate of drug-likeness (QED) is 0.621. The average Bonchev–Trinajstić information content (AvgIpc) is 2.68. The van der Waals surface area contributed by atoms with Crippen molar-refractivity contribution in [2.24, 2.45) is 0 Å². The van der Waals surface area contributed by atoms with E-state index >= 15 is 0 Å². The molecule has 0 fully saturated rings. The summed E-state index contributed by atoms with van der Waals surface area (Å²) >= 11 is 12.0. The molecule has 1 N–H and O–H groups in total. The molecule has 0 bridgehead atoms. The first-order valence-electron chi connectivity index (χ1n) is 9.42. The third kappa shape index (κ3) is 6.85. The number of hydrogen-bond donors (Lipinski definition) is 1. The van der Waals surface area contributed by atoms with E-state index in [1.165, 1.54) is 30.1 Å². The zero-order valence-corrected chi connectivity index (χ0v) is 20.1. The van der Waals surface area contributed by atoms with Gasteiger partial charge in [0.25, 0.3) is 0 Å². The Balaban J connectivity index is 2.40. The number of sulfonamides is 1. The predicted octanol–water partition coefficient (Wildman–Crippen LogP) is 3.23. The first-order valence-corrected chi connectivity index (χ1v) is 12.0. The number of nitrogens with one attached hydrogen (secondary N) is 1. The first-order chi connectivity index (χ1) is 14.4. The van der Waals surface area contributed by atoms with Crippen molar-refractivity contribution >= 4 is 50.7 Å². The largest absolute Gasteiger partial charge is 0.357 e. The zero-order valence-electron chi connectivity index (χ0n) is 17.7. The van der Waals surface area contributed by atoms with Gasteiger partial charge in [0.15, 0.2) is 0 Å². The summed E-state index contributed by atoms with van der Waals surface area (Å²) in [6, 6.07) is 11.0. The molecule has 2 aromatic rings. The number of amides is 2. The molecule has 0 aliphatic heterocycles. The second-order valence-corrected chi connectivity index (χ2v) is 9.97. The lowest BCUT2D eigenvalue weighted by Crippen LogP contribution is -2.50. The lowest BCUT2D eigenvalue weighted by molar-refractivity contribution is -0.139. The Morgan fingerprint density at radius 3 is 2.10 bits per heavy atom. The molecule has 2 amide bonds. The normalized spacial score (nSPS) is 12.2.